The van der Waals surface area contributed by atoms with E-state index in [9.17, 15) is 4.79 Å². The van der Waals surface area contributed by atoms with Crippen LogP contribution < -0.4 is 5.73 Å². The van der Waals surface area contributed by atoms with Gasteiger partial charge in [-0.25, -0.2) is 0 Å². The smallest absolute Gasteiger partial charge is 0.549 e. The van der Waals surface area contributed by atoms with Crippen molar-refractivity contribution >= 4 is 5.78 Å². The molecule has 0 aliphatic carbocycles. The maximum Gasteiger partial charge on any atom is 2.00 e. The van der Waals surface area contributed by atoms with Gasteiger partial charge in [-0.1, -0.05) is 0 Å². The molecule has 52 valence electrons. The SMILES string of the molecule is C[C-](N)O.[CH2-]C(C)=O.[Ti+2]. The summed E-state index contributed by atoms with van der Waals surface area (Å²) in [4.78, 5) is 9.33. The molecule has 0 heterocycles. The zero-order valence-electron chi connectivity index (χ0n) is 5.64. The number of aliphatic hydroxyl groups is 1. The third-order valence-corrected chi connectivity index (χ3v) is 0. The minimum Gasteiger partial charge on any atom is -0.549 e. The number of rotatable bonds is 0. The van der Waals surface area contributed by atoms with Gasteiger partial charge in [-0.3, -0.25) is 0 Å². The van der Waals surface area contributed by atoms with E-state index >= 15 is 0 Å². The molecule has 0 aromatic heterocycles. The summed E-state index contributed by atoms with van der Waals surface area (Å²) >= 11 is 0. The summed E-state index contributed by atoms with van der Waals surface area (Å²) < 4.78 is 0. The first-order chi connectivity index (χ1) is 3.46. The van der Waals surface area contributed by atoms with Crippen molar-refractivity contribution in [3.63, 3.8) is 0 Å². The minimum absolute atomic E-state index is 0. The molecule has 0 unspecified atom stereocenters. The molecule has 0 radical (unpaired) electrons. The molecule has 0 rings (SSSR count). The fourth-order valence-electron chi connectivity index (χ4n) is 0. The Hall–Kier alpha value is 0.174. The molecule has 4 heteroatoms. The molecule has 3 N–H and O–H groups in total. The fourth-order valence-corrected chi connectivity index (χ4v) is 0. The number of carbonyl (C=O) groups excluding carboxylic acids is 1. The second kappa shape index (κ2) is 11.0. The van der Waals surface area contributed by atoms with Gasteiger partial charge in [0, 0.05) is 0 Å². The zero-order chi connectivity index (χ0) is 7.15. The molecular weight excluding hydrogens is 154 g/mol. The first kappa shape index (κ1) is 16.1. The van der Waals surface area contributed by atoms with Crippen molar-refractivity contribution in [2.24, 2.45) is 5.73 Å². The Labute approximate surface area is 70.5 Å². The number of carbonyl (C=O) groups is 1. The van der Waals surface area contributed by atoms with E-state index in [1.807, 2.05) is 0 Å². The van der Waals surface area contributed by atoms with Crippen molar-refractivity contribution in [2.75, 3.05) is 0 Å². The first-order valence-corrected chi connectivity index (χ1v) is 2.07. The van der Waals surface area contributed by atoms with Gasteiger partial charge in [-0.15, -0.1) is 6.23 Å². The second-order valence-corrected chi connectivity index (χ2v) is 1.34. The average Bonchev–Trinajstić information content (AvgIpc) is 1.25. The molecule has 3 nitrogen and oxygen atoms in total. The Bertz CT molecular complexity index is 59.2. The van der Waals surface area contributed by atoms with Crippen LogP contribution in [0, 0.1) is 13.2 Å². The predicted octanol–water partition coefficient (Wildman–Crippen LogP) is 0.234. The molecule has 0 saturated carbocycles. The quantitative estimate of drug-likeness (QED) is 0.399. The van der Waals surface area contributed by atoms with Crippen molar-refractivity contribution < 1.29 is 31.6 Å². The van der Waals surface area contributed by atoms with Gasteiger partial charge in [0.25, 0.3) is 0 Å². The maximum atomic E-state index is 9.33. The topological polar surface area (TPSA) is 63.3 Å². The summed E-state index contributed by atoms with van der Waals surface area (Å²) in [5, 5.41) is 7.75. The van der Waals surface area contributed by atoms with Crippen LogP contribution in [0.2, 0.25) is 0 Å². The second-order valence-electron chi connectivity index (χ2n) is 1.34. The molecule has 0 saturated heterocycles. The van der Waals surface area contributed by atoms with E-state index in [0.717, 1.165) is 0 Å². The van der Waals surface area contributed by atoms with E-state index in [2.05, 4.69) is 12.7 Å². The van der Waals surface area contributed by atoms with Gasteiger partial charge < -0.3 is 22.6 Å². The van der Waals surface area contributed by atoms with Crippen molar-refractivity contribution in [1.82, 2.24) is 0 Å². The summed E-state index contributed by atoms with van der Waals surface area (Å²) in [5.41, 5.74) is 4.58. The van der Waals surface area contributed by atoms with Crippen molar-refractivity contribution in [3.05, 3.63) is 13.2 Å². The summed E-state index contributed by atoms with van der Waals surface area (Å²) in [6.45, 7) is 5.83. The number of Topliss-reactive ketones (excluding diaryl/α,β-unsaturated/α-hetero) is 1. The molecule has 0 aliphatic heterocycles. The molecule has 0 amide bonds. The molecule has 0 atom stereocenters. The normalized spacial score (nSPS) is 6.78. The predicted molar refractivity (Wildman–Crippen MR) is 31.1 cm³/mol. The molecule has 0 bridgehead atoms. The van der Waals surface area contributed by atoms with E-state index in [-0.39, 0.29) is 33.7 Å². The van der Waals surface area contributed by atoms with Crippen molar-refractivity contribution in [1.29, 1.82) is 0 Å². The standard InChI is InChI=1S/C3H5O.C2H6NO.Ti/c1-3(2)4;1-2(3)4;/h1H2,2H3;4H,3H2,1H3;/q2*-1;+2. The van der Waals surface area contributed by atoms with Gasteiger partial charge >= 0.3 is 21.7 Å². The van der Waals surface area contributed by atoms with E-state index in [1.165, 1.54) is 13.8 Å². The number of aliphatic hydroxyl groups excluding tert-OH is 1. The van der Waals surface area contributed by atoms with Crippen LogP contribution >= 0.6 is 0 Å². The largest absolute Gasteiger partial charge is 2.00 e. The Balaban J connectivity index is -0.0000000720. The molecule has 0 aromatic carbocycles. The Kier molecular flexibility index (Phi) is 19.7. The third kappa shape index (κ3) is 10300. The third-order valence-electron chi connectivity index (χ3n) is 0. The van der Waals surface area contributed by atoms with E-state index < -0.39 is 0 Å². The van der Waals surface area contributed by atoms with Gasteiger partial charge in [0.15, 0.2) is 0 Å². The van der Waals surface area contributed by atoms with E-state index in [1.54, 1.807) is 0 Å². The molecule has 9 heavy (non-hydrogen) atoms. The van der Waals surface area contributed by atoms with Gasteiger partial charge in [0.05, 0.1) is 0 Å². The monoisotopic (exact) mass is 165 g/mol. The van der Waals surface area contributed by atoms with Gasteiger partial charge in [0.1, 0.15) is 0 Å². The van der Waals surface area contributed by atoms with Gasteiger partial charge in [-0.05, 0) is 12.7 Å². The van der Waals surface area contributed by atoms with Crippen LogP contribution in [0.15, 0.2) is 0 Å². The van der Waals surface area contributed by atoms with Crippen LogP contribution in [0.3, 0.4) is 0 Å². The number of ketones is 1. The molecule has 0 aliphatic rings. The van der Waals surface area contributed by atoms with Crippen LogP contribution in [-0.4, -0.2) is 10.9 Å². The molecule has 0 aromatic rings. The molecule has 0 fully saturated rings. The van der Waals surface area contributed by atoms with Crippen LogP contribution in [0.25, 0.3) is 0 Å². The Morgan fingerprint density at radius 1 is 1.78 bits per heavy atom. The van der Waals surface area contributed by atoms with Crippen molar-refractivity contribution in [2.45, 2.75) is 13.8 Å². The minimum atomic E-state index is -0.0833. The van der Waals surface area contributed by atoms with Crippen LogP contribution in [0.5, 0.6) is 0 Å². The first-order valence-electron chi connectivity index (χ1n) is 2.07. The maximum absolute atomic E-state index is 9.33. The van der Waals surface area contributed by atoms with Gasteiger partial charge in [-0.2, -0.15) is 6.92 Å². The number of hydrogen-bond donors (Lipinski definition) is 2. The number of nitrogens with two attached hydrogens (primary N) is 1. The fraction of sp³-hybridized carbons (Fsp3) is 0.400. The Morgan fingerprint density at radius 3 is 1.78 bits per heavy atom. The Morgan fingerprint density at radius 2 is 1.78 bits per heavy atom. The average molecular weight is 165 g/mol. The molecule has 0 spiro atoms. The number of hydrogen-bond acceptors (Lipinski definition) is 3. The summed E-state index contributed by atoms with van der Waals surface area (Å²) in [6, 6.07) is 0. The summed E-state index contributed by atoms with van der Waals surface area (Å²) in [5.74, 6) is -0.0833. The van der Waals surface area contributed by atoms with Crippen molar-refractivity contribution in [3.8, 4) is 0 Å². The van der Waals surface area contributed by atoms with Gasteiger partial charge in [0.2, 0.25) is 0 Å². The summed E-state index contributed by atoms with van der Waals surface area (Å²) in [6.07, 6.45) is -0.0833. The van der Waals surface area contributed by atoms with E-state index in [0.29, 0.717) is 0 Å². The van der Waals surface area contributed by atoms with Crippen LogP contribution in [0.4, 0.5) is 0 Å². The van der Waals surface area contributed by atoms with Crippen LogP contribution in [0.1, 0.15) is 13.8 Å². The van der Waals surface area contributed by atoms with E-state index in [4.69, 9.17) is 5.11 Å². The molecular formula is C5H11NO2Ti. The summed E-state index contributed by atoms with van der Waals surface area (Å²) in [7, 11) is 0. The zero-order valence-corrected chi connectivity index (χ0v) is 7.20. The van der Waals surface area contributed by atoms with Crippen LogP contribution in [-0.2, 0) is 26.5 Å².